The van der Waals surface area contributed by atoms with Crippen molar-refractivity contribution in [2.24, 2.45) is 4.99 Å². The molecule has 2 aliphatic rings. The lowest BCUT2D eigenvalue weighted by Gasteiger charge is -2.37. The molecule has 2 atom stereocenters. The highest BCUT2D eigenvalue weighted by molar-refractivity contribution is 7.17. The first kappa shape index (κ1) is 18.5. The van der Waals surface area contributed by atoms with Crippen LogP contribution in [0.15, 0.2) is 23.0 Å². The molecular weight excluding hydrogens is 356 g/mol. The van der Waals surface area contributed by atoms with Gasteiger partial charge in [0.05, 0.1) is 18.3 Å². The number of piperidine rings is 1. The van der Waals surface area contributed by atoms with Gasteiger partial charge in [0.25, 0.3) is 5.91 Å². The number of hydrogen-bond donors (Lipinski definition) is 2. The summed E-state index contributed by atoms with van der Waals surface area (Å²) >= 11 is 1.14. The van der Waals surface area contributed by atoms with Crippen molar-refractivity contribution in [1.82, 2.24) is 10.3 Å². The van der Waals surface area contributed by atoms with Crippen LogP contribution in [-0.2, 0) is 9.53 Å². The van der Waals surface area contributed by atoms with Gasteiger partial charge in [-0.15, -0.1) is 0 Å². The molecule has 1 saturated heterocycles. The van der Waals surface area contributed by atoms with Crippen LogP contribution in [0.2, 0.25) is 0 Å². The van der Waals surface area contributed by atoms with Crippen LogP contribution in [0, 0.1) is 0 Å². The van der Waals surface area contributed by atoms with Crippen LogP contribution in [0.5, 0.6) is 0 Å². The summed E-state index contributed by atoms with van der Waals surface area (Å²) in [5.41, 5.74) is 1.71. The van der Waals surface area contributed by atoms with E-state index >= 15 is 0 Å². The minimum absolute atomic E-state index is 0.115. The number of ether oxygens (including phenoxy) is 1. The molecule has 1 aromatic rings. The van der Waals surface area contributed by atoms with Crippen LogP contribution in [0.1, 0.15) is 35.9 Å². The number of aromatic nitrogens is 1. The van der Waals surface area contributed by atoms with E-state index < -0.39 is 5.97 Å². The second kappa shape index (κ2) is 7.96. The number of methoxy groups -OCH3 is 1. The Morgan fingerprint density at radius 3 is 2.92 bits per heavy atom. The number of allylic oxidation sites excluding steroid dienone is 1. The number of rotatable bonds is 6. The van der Waals surface area contributed by atoms with Gasteiger partial charge in [0.1, 0.15) is 10.6 Å². The Bertz CT molecular complexity index is 758. The number of carboxylic acid groups (broad SMARTS) is 1. The van der Waals surface area contributed by atoms with E-state index in [-0.39, 0.29) is 22.9 Å². The maximum atomic E-state index is 12.4. The standard InChI is InChI=1S/C17H22N4O4S/c1-3-10-6-12(18-7-10)15(22)20-11-4-5-21(9-13(11)25-2)17-19-8-14(26-17)16(23)24/h7-8,11,13H,3-6,9H2,1-2H3,(H,20,22)(H,23,24)/t11-,13+/m1/s1. The van der Waals surface area contributed by atoms with E-state index in [1.165, 1.54) is 6.20 Å². The predicted molar refractivity (Wildman–Crippen MR) is 99.1 cm³/mol. The van der Waals surface area contributed by atoms with E-state index in [0.29, 0.717) is 36.8 Å². The van der Waals surface area contributed by atoms with Crippen molar-refractivity contribution in [3.63, 3.8) is 0 Å². The van der Waals surface area contributed by atoms with Crippen molar-refractivity contribution >= 4 is 34.1 Å². The highest BCUT2D eigenvalue weighted by atomic mass is 32.1. The molecule has 2 N–H and O–H groups in total. The van der Waals surface area contributed by atoms with Crippen LogP contribution >= 0.6 is 11.3 Å². The highest BCUT2D eigenvalue weighted by Crippen LogP contribution is 2.26. The zero-order chi connectivity index (χ0) is 18.7. The number of carbonyl (C=O) groups excluding carboxylic acids is 1. The van der Waals surface area contributed by atoms with Crippen molar-refractivity contribution in [3.8, 4) is 0 Å². The summed E-state index contributed by atoms with van der Waals surface area (Å²) in [5, 5.41) is 12.7. The summed E-state index contributed by atoms with van der Waals surface area (Å²) in [6.45, 7) is 3.26. The maximum absolute atomic E-state index is 12.4. The molecule has 2 aliphatic heterocycles. The SMILES string of the molecule is CCC1=CN=C(C(=O)N[C@@H]2CCN(c3ncc(C(=O)O)s3)C[C@@H]2OC)C1. The predicted octanol–water partition coefficient (Wildman–Crippen LogP) is 1.69. The van der Waals surface area contributed by atoms with Crippen molar-refractivity contribution in [1.29, 1.82) is 0 Å². The molecule has 1 aromatic heterocycles. The summed E-state index contributed by atoms with van der Waals surface area (Å²) in [6.07, 6.45) is 5.13. The average Bonchev–Trinajstić information content (AvgIpc) is 3.31. The molecule has 140 valence electrons. The number of hydrogen-bond acceptors (Lipinski definition) is 7. The smallest absolute Gasteiger partial charge is 0.347 e. The molecule has 0 unspecified atom stereocenters. The second-order valence-corrected chi connectivity index (χ2v) is 7.30. The first-order chi connectivity index (χ1) is 12.5. The number of nitrogens with zero attached hydrogens (tertiary/aromatic N) is 3. The van der Waals surface area contributed by atoms with E-state index in [9.17, 15) is 9.59 Å². The Morgan fingerprint density at radius 2 is 2.31 bits per heavy atom. The van der Waals surface area contributed by atoms with Gasteiger partial charge in [-0.3, -0.25) is 9.79 Å². The molecule has 0 aromatic carbocycles. The van der Waals surface area contributed by atoms with Gasteiger partial charge in [-0.1, -0.05) is 18.3 Å². The highest BCUT2D eigenvalue weighted by Gasteiger charge is 2.33. The fraction of sp³-hybridized carbons (Fsp3) is 0.529. The second-order valence-electron chi connectivity index (χ2n) is 6.29. The molecule has 1 fully saturated rings. The minimum atomic E-state index is -0.975. The van der Waals surface area contributed by atoms with Gasteiger partial charge < -0.3 is 20.1 Å². The van der Waals surface area contributed by atoms with E-state index in [2.05, 4.69) is 15.3 Å². The first-order valence-electron chi connectivity index (χ1n) is 8.54. The van der Waals surface area contributed by atoms with Crippen LogP contribution in [-0.4, -0.2) is 60.0 Å². The van der Waals surface area contributed by atoms with Gasteiger partial charge in [0.2, 0.25) is 0 Å². The average molecular weight is 378 g/mol. The maximum Gasteiger partial charge on any atom is 0.347 e. The van der Waals surface area contributed by atoms with Crippen molar-refractivity contribution in [3.05, 3.63) is 22.8 Å². The molecule has 0 spiro atoms. The largest absolute Gasteiger partial charge is 0.477 e. The number of aliphatic imine (C=N–C) groups is 1. The number of thiazole rings is 1. The fourth-order valence-electron chi connectivity index (χ4n) is 3.09. The molecule has 0 bridgehead atoms. The third-order valence-corrected chi connectivity index (χ3v) is 5.71. The summed E-state index contributed by atoms with van der Waals surface area (Å²) in [6, 6.07) is -0.115. The van der Waals surface area contributed by atoms with E-state index in [1.807, 2.05) is 11.8 Å². The number of amides is 1. The summed E-state index contributed by atoms with van der Waals surface area (Å²) < 4.78 is 5.57. The minimum Gasteiger partial charge on any atom is -0.477 e. The fourth-order valence-corrected chi connectivity index (χ4v) is 3.88. The third kappa shape index (κ3) is 3.94. The van der Waals surface area contributed by atoms with Gasteiger partial charge in [-0.25, -0.2) is 9.78 Å². The molecular formula is C17H22N4O4S. The molecule has 1 amide bonds. The van der Waals surface area contributed by atoms with Gasteiger partial charge in [-0.2, -0.15) is 0 Å². The number of aromatic carboxylic acids is 1. The van der Waals surface area contributed by atoms with Gasteiger partial charge in [-0.05, 0) is 18.4 Å². The molecule has 3 rings (SSSR count). The zero-order valence-electron chi connectivity index (χ0n) is 14.8. The molecule has 3 heterocycles. The lowest BCUT2D eigenvalue weighted by Crippen LogP contribution is -2.55. The molecule has 9 heteroatoms. The van der Waals surface area contributed by atoms with E-state index in [0.717, 1.165) is 23.3 Å². The lowest BCUT2D eigenvalue weighted by molar-refractivity contribution is -0.116. The Labute approximate surface area is 155 Å². The summed E-state index contributed by atoms with van der Waals surface area (Å²) in [4.78, 5) is 34.1. The van der Waals surface area contributed by atoms with Crippen LogP contribution in [0.4, 0.5) is 5.13 Å². The Hall–Kier alpha value is -2.26. The van der Waals surface area contributed by atoms with Crippen molar-refractivity contribution in [2.75, 3.05) is 25.1 Å². The van der Waals surface area contributed by atoms with Gasteiger partial charge >= 0.3 is 5.97 Å². The third-order valence-electron chi connectivity index (χ3n) is 4.67. The molecule has 26 heavy (non-hydrogen) atoms. The monoisotopic (exact) mass is 378 g/mol. The molecule has 0 saturated carbocycles. The Kier molecular flexibility index (Phi) is 5.67. The van der Waals surface area contributed by atoms with Gasteiger partial charge in [0, 0.05) is 32.8 Å². The quantitative estimate of drug-likeness (QED) is 0.781. The topological polar surface area (TPSA) is 104 Å². The van der Waals surface area contributed by atoms with Crippen molar-refractivity contribution < 1.29 is 19.4 Å². The summed E-state index contributed by atoms with van der Waals surface area (Å²) in [7, 11) is 1.61. The molecule has 0 radical (unpaired) electrons. The van der Waals surface area contributed by atoms with E-state index in [1.54, 1.807) is 13.3 Å². The molecule has 8 nitrogen and oxygen atoms in total. The van der Waals surface area contributed by atoms with Gasteiger partial charge in [0.15, 0.2) is 5.13 Å². The number of nitrogens with one attached hydrogen (secondary N) is 1. The summed E-state index contributed by atoms with van der Waals surface area (Å²) in [5.74, 6) is -1.12. The Balaban J connectivity index is 1.59. The zero-order valence-corrected chi connectivity index (χ0v) is 15.6. The van der Waals surface area contributed by atoms with Crippen LogP contribution in [0.25, 0.3) is 0 Å². The lowest BCUT2D eigenvalue weighted by atomic mass is 10.0. The first-order valence-corrected chi connectivity index (χ1v) is 9.35. The molecule has 0 aliphatic carbocycles. The number of carboxylic acids is 1. The van der Waals surface area contributed by atoms with Crippen molar-refractivity contribution in [2.45, 2.75) is 38.3 Å². The number of anilines is 1. The van der Waals surface area contributed by atoms with Crippen LogP contribution < -0.4 is 10.2 Å². The van der Waals surface area contributed by atoms with Crippen LogP contribution in [0.3, 0.4) is 0 Å². The van der Waals surface area contributed by atoms with E-state index in [4.69, 9.17) is 9.84 Å². The normalized spacial score (nSPS) is 22.8. The number of carbonyl (C=O) groups is 2. The Morgan fingerprint density at radius 1 is 1.50 bits per heavy atom.